The number of anilines is 1. The van der Waals surface area contributed by atoms with Crippen molar-refractivity contribution in [1.29, 1.82) is 0 Å². The van der Waals surface area contributed by atoms with Crippen LogP contribution in [0.25, 0.3) is 22.2 Å². The summed E-state index contributed by atoms with van der Waals surface area (Å²) < 4.78 is 20.5. The number of nitrogens with zero attached hydrogens (tertiary/aromatic N) is 4. The van der Waals surface area contributed by atoms with E-state index in [2.05, 4.69) is 10.3 Å². The first-order chi connectivity index (χ1) is 18.4. The summed E-state index contributed by atoms with van der Waals surface area (Å²) in [5, 5.41) is 3.70. The molecule has 38 heavy (non-hydrogen) atoms. The van der Waals surface area contributed by atoms with Gasteiger partial charge in [0.1, 0.15) is 23.8 Å². The number of piperidine rings is 1. The fourth-order valence-corrected chi connectivity index (χ4v) is 5.79. The lowest BCUT2D eigenvalue weighted by molar-refractivity contribution is -0.133. The highest BCUT2D eigenvalue weighted by Crippen LogP contribution is 2.44. The third kappa shape index (κ3) is 4.52. The molecule has 2 saturated heterocycles. The summed E-state index contributed by atoms with van der Waals surface area (Å²) >= 11 is 0. The van der Waals surface area contributed by atoms with Crippen LogP contribution in [0.3, 0.4) is 0 Å². The predicted molar refractivity (Wildman–Crippen MR) is 141 cm³/mol. The van der Waals surface area contributed by atoms with Crippen molar-refractivity contribution in [3.63, 3.8) is 0 Å². The minimum atomic E-state index is -0.585. The Morgan fingerprint density at radius 3 is 2.92 bits per heavy atom. The fraction of sp³-hybridized carbons (Fsp3) is 0.500. The van der Waals surface area contributed by atoms with E-state index in [-0.39, 0.29) is 11.8 Å². The van der Waals surface area contributed by atoms with Crippen molar-refractivity contribution in [3.05, 3.63) is 35.8 Å². The number of likely N-dealkylation sites (tertiary alicyclic amines) is 1. The topological polar surface area (TPSA) is 108 Å². The maximum absolute atomic E-state index is 12.3. The first-order valence-corrected chi connectivity index (χ1v) is 13.3. The number of carbonyl (C=O) groups excluding carboxylic acids is 2. The van der Waals surface area contributed by atoms with Gasteiger partial charge in [0.05, 0.1) is 42.9 Å². The van der Waals surface area contributed by atoms with Crippen molar-refractivity contribution in [2.24, 2.45) is 7.05 Å². The average molecular weight is 520 g/mol. The monoisotopic (exact) mass is 519 g/mol. The summed E-state index contributed by atoms with van der Waals surface area (Å²) in [7, 11) is 1.96. The highest BCUT2D eigenvalue weighted by Gasteiger charge is 2.44. The van der Waals surface area contributed by atoms with Gasteiger partial charge in [0, 0.05) is 75.2 Å². The highest BCUT2D eigenvalue weighted by atomic mass is 16.6. The van der Waals surface area contributed by atoms with Crippen LogP contribution >= 0.6 is 0 Å². The molecule has 2 fully saturated rings. The Labute approximate surface area is 221 Å². The van der Waals surface area contributed by atoms with Gasteiger partial charge in [0.15, 0.2) is 0 Å². The van der Waals surface area contributed by atoms with Crippen molar-refractivity contribution in [2.45, 2.75) is 44.6 Å². The SMILES string of the molecule is CC(=O)Nc1cc2c(-c3cc(OCCN4CCCCC4=O)c4c(n3)C3(CCOC3)OCC4)cn(C)c2cn1. The molecule has 1 spiro atoms. The van der Waals surface area contributed by atoms with Crippen molar-refractivity contribution in [3.8, 4) is 17.0 Å². The van der Waals surface area contributed by atoms with Gasteiger partial charge in [-0.25, -0.2) is 9.97 Å². The Morgan fingerprint density at radius 1 is 1.24 bits per heavy atom. The zero-order valence-corrected chi connectivity index (χ0v) is 21.9. The first kappa shape index (κ1) is 24.8. The molecule has 10 nitrogen and oxygen atoms in total. The summed E-state index contributed by atoms with van der Waals surface area (Å²) in [6.45, 7) is 4.90. The average Bonchev–Trinajstić information content (AvgIpc) is 3.50. The third-order valence-corrected chi connectivity index (χ3v) is 7.73. The van der Waals surface area contributed by atoms with E-state index in [1.54, 1.807) is 6.20 Å². The number of aromatic nitrogens is 3. The van der Waals surface area contributed by atoms with Gasteiger partial charge in [-0.1, -0.05) is 0 Å². The van der Waals surface area contributed by atoms with E-state index in [1.165, 1.54) is 6.92 Å². The zero-order chi connectivity index (χ0) is 26.3. The number of rotatable bonds is 6. The largest absolute Gasteiger partial charge is 0.491 e. The number of aryl methyl sites for hydroxylation is 1. The van der Waals surface area contributed by atoms with E-state index >= 15 is 0 Å². The normalized spacial score (nSPS) is 21.2. The Kier molecular flexibility index (Phi) is 6.53. The van der Waals surface area contributed by atoms with Crippen molar-refractivity contribution in [2.75, 3.05) is 44.8 Å². The lowest BCUT2D eigenvalue weighted by Gasteiger charge is -2.35. The van der Waals surface area contributed by atoms with E-state index in [0.29, 0.717) is 51.6 Å². The molecule has 10 heteroatoms. The maximum Gasteiger partial charge on any atom is 0.222 e. The molecule has 6 rings (SSSR count). The number of hydrogen-bond acceptors (Lipinski definition) is 7. The van der Waals surface area contributed by atoms with Gasteiger partial charge < -0.3 is 29.0 Å². The Morgan fingerprint density at radius 2 is 2.13 bits per heavy atom. The maximum atomic E-state index is 12.3. The number of hydrogen-bond donors (Lipinski definition) is 1. The highest BCUT2D eigenvalue weighted by molar-refractivity contribution is 5.98. The lowest BCUT2D eigenvalue weighted by atomic mass is 9.89. The van der Waals surface area contributed by atoms with E-state index in [0.717, 1.165) is 65.0 Å². The molecular formula is C28H33N5O5. The van der Waals surface area contributed by atoms with Crippen LogP contribution < -0.4 is 10.1 Å². The molecule has 6 heterocycles. The van der Waals surface area contributed by atoms with Gasteiger partial charge in [-0.15, -0.1) is 0 Å². The molecule has 3 aromatic rings. The summed E-state index contributed by atoms with van der Waals surface area (Å²) in [5.74, 6) is 1.29. The van der Waals surface area contributed by atoms with Gasteiger partial charge in [-0.2, -0.15) is 0 Å². The molecule has 0 saturated carbocycles. The van der Waals surface area contributed by atoms with Gasteiger partial charge in [-0.3, -0.25) is 9.59 Å². The minimum Gasteiger partial charge on any atom is -0.491 e. The number of ether oxygens (including phenoxy) is 3. The quantitative estimate of drug-likeness (QED) is 0.533. The predicted octanol–water partition coefficient (Wildman–Crippen LogP) is 3.17. The van der Waals surface area contributed by atoms with Crippen LogP contribution in [0, 0.1) is 0 Å². The van der Waals surface area contributed by atoms with Crippen LogP contribution in [0.5, 0.6) is 5.75 Å². The molecule has 0 aromatic carbocycles. The molecule has 1 N–H and O–H groups in total. The number of nitrogens with one attached hydrogen (secondary N) is 1. The molecule has 0 radical (unpaired) electrons. The van der Waals surface area contributed by atoms with Gasteiger partial charge in [-0.05, 0) is 18.9 Å². The van der Waals surface area contributed by atoms with Crippen molar-refractivity contribution in [1.82, 2.24) is 19.4 Å². The minimum absolute atomic E-state index is 0.176. The van der Waals surface area contributed by atoms with Crippen LogP contribution in [0.1, 0.15) is 43.9 Å². The molecule has 1 atom stereocenters. The van der Waals surface area contributed by atoms with Crippen LogP contribution in [0.2, 0.25) is 0 Å². The molecule has 2 amide bonds. The molecule has 0 bridgehead atoms. The zero-order valence-electron chi connectivity index (χ0n) is 21.9. The fourth-order valence-electron chi connectivity index (χ4n) is 5.79. The number of carbonyl (C=O) groups is 2. The Hall–Kier alpha value is -3.50. The van der Waals surface area contributed by atoms with Crippen molar-refractivity contribution >= 4 is 28.5 Å². The molecule has 3 aliphatic rings. The molecule has 3 aromatic heterocycles. The van der Waals surface area contributed by atoms with Crippen LogP contribution in [0.4, 0.5) is 5.82 Å². The second-order valence-electron chi connectivity index (χ2n) is 10.3. The van der Waals surface area contributed by atoms with Crippen molar-refractivity contribution < 1.29 is 23.8 Å². The first-order valence-electron chi connectivity index (χ1n) is 13.3. The lowest BCUT2D eigenvalue weighted by Crippen LogP contribution is -2.39. The summed E-state index contributed by atoms with van der Waals surface area (Å²) in [5.41, 5.74) is 3.94. The second-order valence-corrected chi connectivity index (χ2v) is 10.3. The Balaban J connectivity index is 1.41. The molecule has 200 valence electrons. The smallest absolute Gasteiger partial charge is 0.222 e. The summed E-state index contributed by atoms with van der Waals surface area (Å²) in [6, 6.07) is 3.87. The third-order valence-electron chi connectivity index (χ3n) is 7.73. The Bertz CT molecular complexity index is 1390. The summed E-state index contributed by atoms with van der Waals surface area (Å²) in [4.78, 5) is 35.4. The van der Waals surface area contributed by atoms with Crippen LogP contribution in [0.15, 0.2) is 24.5 Å². The molecule has 1 unspecified atom stereocenters. The molecule has 3 aliphatic heterocycles. The number of fused-ring (bicyclic) bond motifs is 3. The number of amides is 2. The molecule has 0 aliphatic carbocycles. The summed E-state index contributed by atoms with van der Waals surface area (Å²) in [6.07, 6.45) is 7.84. The van der Waals surface area contributed by atoms with Crippen LogP contribution in [-0.2, 0) is 38.1 Å². The van der Waals surface area contributed by atoms with Gasteiger partial charge >= 0.3 is 0 Å². The number of pyridine rings is 2. The standard InChI is InChI=1S/C28H33N5O5/c1-18(34)30-25-13-20-21(16-32(2)23(20)15-29-25)22-14-24(37-12-9-33-8-4-3-5-26(33)35)19-6-10-38-28(27(19)31-22)7-11-36-17-28/h13-16H,3-12,17H2,1-2H3,(H,29,30,34). The van der Waals surface area contributed by atoms with E-state index in [4.69, 9.17) is 19.2 Å². The molecular weight excluding hydrogens is 486 g/mol. The van der Waals surface area contributed by atoms with E-state index in [9.17, 15) is 9.59 Å². The van der Waals surface area contributed by atoms with Gasteiger partial charge in [0.2, 0.25) is 11.8 Å². The van der Waals surface area contributed by atoms with Gasteiger partial charge in [0.25, 0.3) is 0 Å². The van der Waals surface area contributed by atoms with E-state index < -0.39 is 5.60 Å². The van der Waals surface area contributed by atoms with E-state index in [1.807, 2.05) is 34.8 Å². The second kappa shape index (κ2) is 9.99. The van der Waals surface area contributed by atoms with Crippen LogP contribution in [-0.4, -0.2) is 70.8 Å².